The van der Waals surface area contributed by atoms with Gasteiger partial charge < -0.3 is 15.4 Å². The number of piperidine rings is 1. The van der Waals surface area contributed by atoms with Crippen LogP contribution in [0.1, 0.15) is 30.9 Å². The van der Waals surface area contributed by atoms with Gasteiger partial charge in [-0.3, -0.25) is 9.59 Å². The molecule has 1 atom stereocenters. The molecule has 0 spiro atoms. The highest BCUT2D eigenvalue weighted by Crippen LogP contribution is 2.36. The summed E-state index contributed by atoms with van der Waals surface area (Å²) in [4.78, 5) is 24.7. The third kappa shape index (κ3) is 4.71. The highest BCUT2D eigenvalue weighted by molar-refractivity contribution is 7.89. The molecule has 0 aliphatic carbocycles. The molecule has 2 heterocycles. The Hall–Kier alpha value is -2.62. The standard InChI is InChI=1S/C23H26ClN3O5S/c1-13-4-5-18(17(24)10-13)25-23(29)16-6-8-27(9-7-16)33(30,31)21-12-20-19(11-14(21)2)26-22(28)15(3)32-20/h4-5,10-12,15-16H,6-9H2,1-3H3,(H,25,29)(H,26,28). The summed E-state index contributed by atoms with van der Waals surface area (Å²) in [6.07, 6.45) is 0.108. The predicted octanol–water partition coefficient (Wildman–Crippen LogP) is 3.72. The number of nitrogens with zero attached hydrogens (tertiary/aromatic N) is 1. The first-order valence-electron chi connectivity index (χ1n) is 10.8. The van der Waals surface area contributed by atoms with Crippen LogP contribution in [0.25, 0.3) is 0 Å². The highest BCUT2D eigenvalue weighted by atomic mass is 35.5. The van der Waals surface area contributed by atoms with Crippen molar-refractivity contribution in [3.63, 3.8) is 0 Å². The van der Waals surface area contributed by atoms with Gasteiger partial charge in [-0.15, -0.1) is 0 Å². The molecule has 0 aromatic heterocycles. The fourth-order valence-electron chi connectivity index (χ4n) is 4.07. The maximum absolute atomic E-state index is 13.3. The summed E-state index contributed by atoms with van der Waals surface area (Å²) in [5.41, 5.74) is 2.52. The fraction of sp³-hybridized carbons (Fsp3) is 0.391. The Bertz CT molecular complexity index is 1220. The Labute approximate surface area is 198 Å². The summed E-state index contributed by atoms with van der Waals surface area (Å²) < 4.78 is 33.7. The monoisotopic (exact) mass is 491 g/mol. The summed E-state index contributed by atoms with van der Waals surface area (Å²) in [7, 11) is -3.79. The van der Waals surface area contributed by atoms with Crippen LogP contribution in [0.15, 0.2) is 35.2 Å². The van der Waals surface area contributed by atoms with Crippen molar-refractivity contribution in [3.05, 3.63) is 46.5 Å². The Morgan fingerprint density at radius 3 is 2.55 bits per heavy atom. The molecule has 1 saturated heterocycles. The molecule has 1 unspecified atom stereocenters. The number of benzene rings is 2. The van der Waals surface area contributed by atoms with Gasteiger partial charge in [0.2, 0.25) is 15.9 Å². The van der Waals surface area contributed by atoms with Crippen LogP contribution in [0, 0.1) is 19.8 Å². The van der Waals surface area contributed by atoms with E-state index < -0.39 is 16.1 Å². The zero-order valence-electron chi connectivity index (χ0n) is 18.6. The molecule has 2 N–H and O–H groups in total. The number of carbonyl (C=O) groups is 2. The molecule has 2 aromatic rings. The van der Waals surface area contributed by atoms with E-state index in [4.69, 9.17) is 16.3 Å². The minimum atomic E-state index is -3.79. The van der Waals surface area contributed by atoms with Crippen LogP contribution in [0.2, 0.25) is 5.02 Å². The zero-order valence-corrected chi connectivity index (χ0v) is 20.2. The molecule has 2 aliphatic heterocycles. The van der Waals surface area contributed by atoms with Gasteiger partial charge in [0, 0.05) is 25.1 Å². The molecule has 10 heteroatoms. The minimum Gasteiger partial charge on any atom is -0.479 e. The van der Waals surface area contributed by atoms with E-state index in [1.165, 1.54) is 10.4 Å². The van der Waals surface area contributed by atoms with E-state index in [0.29, 0.717) is 40.6 Å². The first kappa shape index (κ1) is 23.5. The van der Waals surface area contributed by atoms with Crippen molar-refractivity contribution >= 4 is 44.8 Å². The molecule has 2 amide bonds. The summed E-state index contributed by atoms with van der Waals surface area (Å²) in [6.45, 7) is 5.66. The van der Waals surface area contributed by atoms with E-state index in [1.807, 2.05) is 13.0 Å². The number of rotatable bonds is 4. The van der Waals surface area contributed by atoms with Crippen LogP contribution >= 0.6 is 11.6 Å². The average Bonchev–Trinajstić information content (AvgIpc) is 2.76. The summed E-state index contributed by atoms with van der Waals surface area (Å²) in [5.74, 6) is -0.418. The van der Waals surface area contributed by atoms with E-state index in [9.17, 15) is 18.0 Å². The molecule has 33 heavy (non-hydrogen) atoms. The molecule has 8 nitrogen and oxygen atoms in total. The topological polar surface area (TPSA) is 105 Å². The second-order valence-corrected chi connectivity index (χ2v) is 10.8. The maximum atomic E-state index is 13.3. The number of sulfonamides is 1. The number of hydrogen-bond acceptors (Lipinski definition) is 5. The lowest BCUT2D eigenvalue weighted by Gasteiger charge is -2.31. The summed E-state index contributed by atoms with van der Waals surface area (Å²) in [6, 6.07) is 8.49. The van der Waals surface area contributed by atoms with Gasteiger partial charge in [0.25, 0.3) is 5.91 Å². The molecule has 0 saturated carbocycles. The van der Waals surface area contributed by atoms with E-state index >= 15 is 0 Å². The average molecular weight is 492 g/mol. The lowest BCUT2D eigenvalue weighted by atomic mass is 9.97. The van der Waals surface area contributed by atoms with Crippen LogP contribution in [-0.4, -0.2) is 43.7 Å². The quantitative estimate of drug-likeness (QED) is 0.678. The Morgan fingerprint density at radius 1 is 1.18 bits per heavy atom. The first-order valence-corrected chi connectivity index (χ1v) is 12.6. The predicted molar refractivity (Wildman–Crippen MR) is 126 cm³/mol. The molecule has 0 radical (unpaired) electrons. The first-order chi connectivity index (χ1) is 15.6. The van der Waals surface area contributed by atoms with Gasteiger partial charge in [-0.2, -0.15) is 4.31 Å². The minimum absolute atomic E-state index is 0.138. The summed E-state index contributed by atoms with van der Waals surface area (Å²) in [5, 5.41) is 6.05. The van der Waals surface area contributed by atoms with Crippen LogP contribution < -0.4 is 15.4 Å². The zero-order chi connectivity index (χ0) is 23.9. The molecule has 2 aromatic carbocycles. The molecule has 2 aliphatic rings. The number of halogens is 1. The van der Waals surface area contributed by atoms with Gasteiger partial charge in [0.1, 0.15) is 5.75 Å². The molecule has 1 fully saturated rings. The number of hydrogen-bond donors (Lipinski definition) is 2. The van der Waals surface area contributed by atoms with E-state index in [1.54, 1.807) is 32.0 Å². The van der Waals surface area contributed by atoms with Gasteiger partial charge in [-0.25, -0.2) is 8.42 Å². The lowest BCUT2D eigenvalue weighted by Crippen LogP contribution is -2.41. The maximum Gasteiger partial charge on any atom is 0.265 e. The number of nitrogens with one attached hydrogen (secondary N) is 2. The van der Waals surface area contributed by atoms with Crippen molar-refractivity contribution in [2.45, 2.75) is 44.6 Å². The van der Waals surface area contributed by atoms with Crippen LogP contribution in [0.4, 0.5) is 11.4 Å². The van der Waals surface area contributed by atoms with Crippen molar-refractivity contribution in [2.75, 3.05) is 23.7 Å². The van der Waals surface area contributed by atoms with Gasteiger partial charge >= 0.3 is 0 Å². The van der Waals surface area contributed by atoms with Crippen molar-refractivity contribution < 1.29 is 22.7 Å². The lowest BCUT2D eigenvalue weighted by molar-refractivity contribution is -0.123. The van der Waals surface area contributed by atoms with Crippen LogP contribution in [0.5, 0.6) is 5.75 Å². The molecule has 4 rings (SSSR count). The Kier molecular flexibility index (Phi) is 6.39. The summed E-state index contributed by atoms with van der Waals surface area (Å²) >= 11 is 6.21. The fourth-order valence-corrected chi connectivity index (χ4v) is 6.05. The van der Waals surface area contributed by atoms with Crippen molar-refractivity contribution in [2.24, 2.45) is 5.92 Å². The van der Waals surface area contributed by atoms with Crippen molar-refractivity contribution in [3.8, 4) is 5.75 Å². The molecular weight excluding hydrogens is 466 g/mol. The highest BCUT2D eigenvalue weighted by Gasteiger charge is 2.34. The second kappa shape index (κ2) is 8.96. The second-order valence-electron chi connectivity index (χ2n) is 8.51. The van der Waals surface area contributed by atoms with E-state index in [0.717, 1.165) is 5.56 Å². The molecule has 0 bridgehead atoms. The van der Waals surface area contributed by atoms with Gasteiger partial charge in [-0.05, 0) is 62.9 Å². The third-order valence-electron chi connectivity index (χ3n) is 6.03. The normalized spacial score (nSPS) is 19.4. The van der Waals surface area contributed by atoms with Crippen molar-refractivity contribution in [1.82, 2.24) is 4.31 Å². The number of fused-ring (bicyclic) bond motifs is 1. The van der Waals surface area contributed by atoms with E-state index in [2.05, 4.69) is 10.6 Å². The molecule has 176 valence electrons. The van der Waals surface area contributed by atoms with Gasteiger partial charge in [0.05, 0.1) is 21.3 Å². The van der Waals surface area contributed by atoms with Crippen LogP contribution in [0.3, 0.4) is 0 Å². The molecular formula is C23H26ClN3O5S. The number of anilines is 2. The Balaban J connectivity index is 1.45. The number of amides is 2. The SMILES string of the molecule is Cc1ccc(NC(=O)C2CCN(S(=O)(=O)c3cc4c(cc3C)NC(=O)C(C)O4)CC2)c(Cl)c1. The van der Waals surface area contributed by atoms with Crippen LogP contribution in [-0.2, 0) is 19.6 Å². The van der Waals surface area contributed by atoms with Crippen molar-refractivity contribution in [1.29, 1.82) is 0 Å². The largest absolute Gasteiger partial charge is 0.479 e. The smallest absolute Gasteiger partial charge is 0.265 e. The number of ether oxygens (including phenoxy) is 1. The third-order valence-corrected chi connectivity index (χ3v) is 8.39. The number of carbonyl (C=O) groups excluding carboxylic acids is 2. The van der Waals surface area contributed by atoms with E-state index in [-0.39, 0.29) is 35.7 Å². The van der Waals surface area contributed by atoms with Gasteiger partial charge in [-0.1, -0.05) is 17.7 Å². The number of aryl methyl sites for hydroxylation is 2. The Morgan fingerprint density at radius 2 is 1.88 bits per heavy atom. The van der Waals surface area contributed by atoms with Gasteiger partial charge in [0.15, 0.2) is 6.10 Å².